The molecule has 1 aliphatic rings. The summed E-state index contributed by atoms with van der Waals surface area (Å²) in [7, 11) is 0. The molecule has 0 aliphatic carbocycles. The van der Waals surface area contributed by atoms with Crippen LogP contribution in [0.2, 0.25) is 0 Å². The Morgan fingerprint density at radius 2 is 2.00 bits per heavy atom. The molecule has 1 fully saturated rings. The molecular formula is C19H20FN3O2. The highest BCUT2D eigenvalue weighted by atomic mass is 19.1. The monoisotopic (exact) mass is 341 g/mol. The molecule has 1 saturated heterocycles. The van der Waals surface area contributed by atoms with Crippen LogP contribution in [0.15, 0.2) is 48.5 Å². The SMILES string of the molecule is CC(Cc1ccccc1F)Nc1cccc(CN2C(=O)CNC2=O)c1. The number of rotatable bonds is 6. The number of hydrogen-bond donors (Lipinski definition) is 2. The van der Waals surface area contributed by atoms with Crippen molar-refractivity contribution in [2.24, 2.45) is 0 Å². The molecule has 3 amide bonds. The average Bonchev–Trinajstić information content (AvgIpc) is 2.89. The molecule has 0 radical (unpaired) electrons. The van der Waals surface area contributed by atoms with Crippen LogP contribution in [0, 0.1) is 5.82 Å². The number of benzene rings is 2. The van der Waals surface area contributed by atoms with Crippen molar-refractivity contribution in [2.75, 3.05) is 11.9 Å². The predicted molar refractivity (Wildman–Crippen MR) is 93.6 cm³/mol. The Kier molecular flexibility index (Phi) is 4.97. The maximum atomic E-state index is 13.8. The fourth-order valence-electron chi connectivity index (χ4n) is 2.89. The molecule has 0 aromatic heterocycles. The molecule has 2 aromatic rings. The molecule has 0 saturated carbocycles. The predicted octanol–water partition coefficient (Wildman–Crippen LogP) is 2.92. The van der Waals surface area contributed by atoms with Gasteiger partial charge in [0.25, 0.3) is 0 Å². The summed E-state index contributed by atoms with van der Waals surface area (Å²) in [6, 6.07) is 13.9. The van der Waals surface area contributed by atoms with E-state index in [0.717, 1.165) is 11.3 Å². The van der Waals surface area contributed by atoms with E-state index in [9.17, 15) is 14.0 Å². The number of amides is 3. The molecule has 130 valence electrons. The highest BCUT2D eigenvalue weighted by molar-refractivity contribution is 6.01. The van der Waals surface area contributed by atoms with Crippen molar-refractivity contribution < 1.29 is 14.0 Å². The number of urea groups is 1. The number of nitrogens with one attached hydrogen (secondary N) is 2. The molecular weight excluding hydrogens is 321 g/mol. The average molecular weight is 341 g/mol. The van der Waals surface area contributed by atoms with Crippen LogP contribution in [0.4, 0.5) is 14.9 Å². The van der Waals surface area contributed by atoms with Gasteiger partial charge < -0.3 is 10.6 Å². The number of anilines is 1. The Morgan fingerprint density at radius 1 is 1.20 bits per heavy atom. The largest absolute Gasteiger partial charge is 0.382 e. The molecule has 5 nitrogen and oxygen atoms in total. The van der Waals surface area contributed by atoms with Gasteiger partial charge in [-0.05, 0) is 42.7 Å². The number of carbonyl (C=O) groups is 2. The van der Waals surface area contributed by atoms with E-state index in [-0.39, 0.29) is 36.9 Å². The Labute approximate surface area is 145 Å². The first kappa shape index (κ1) is 17.0. The maximum Gasteiger partial charge on any atom is 0.324 e. The molecule has 1 heterocycles. The van der Waals surface area contributed by atoms with E-state index in [2.05, 4.69) is 10.6 Å². The topological polar surface area (TPSA) is 61.4 Å². The van der Waals surface area contributed by atoms with Crippen LogP contribution in [-0.2, 0) is 17.8 Å². The van der Waals surface area contributed by atoms with Crippen LogP contribution >= 0.6 is 0 Å². The van der Waals surface area contributed by atoms with Gasteiger partial charge in [-0.15, -0.1) is 0 Å². The van der Waals surface area contributed by atoms with Crippen molar-refractivity contribution in [1.29, 1.82) is 0 Å². The molecule has 1 atom stereocenters. The van der Waals surface area contributed by atoms with Gasteiger partial charge in [0.05, 0.1) is 13.1 Å². The lowest BCUT2D eigenvalue weighted by Gasteiger charge is -2.17. The molecule has 2 aromatic carbocycles. The van der Waals surface area contributed by atoms with Crippen molar-refractivity contribution in [3.63, 3.8) is 0 Å². The van der Waals surface area contributed by atoms with Crippen LogP contribution < -0.4 is 10.6 Å². The van der Waals surface area contributed by atoms with Crippen molar-refractivity contribution >= 4 is 17.6 Å². The third-order valence-electron chi connectivity index (χ3n) is 4.10. The normalized spacial score (nSPS) is 15.2. The Balaban J connectivity index is 1.64. The third-order valence-corrected chi connectivity index (χ3v) is 4.10. The summed E-state index contributed by atoms with van der Waals surface area (Å²) in [6.45, 7) is 2.27. The quantitative estimate of drug-likeness (QED) is 0.794. The summed E-state index contributed by atoms with van der Waals surface area (Å²) in [5, 5.41) is 5.84. The van der Waals surface area contributed by atoms with Crippen LogP contribution in [-0.4, -0.2) is 29.4 Å². The lowest BCUT2D eigenvalue weighted by molar-refractivity contribution is -0.125. The van der Waals surface area contributed by atoms with Gasteiger partial charge in [-0.2, -0.15) is 0 Å². The summed E-state index contributed by atoms with van der Waals surface area (Å²) in [4.78, 5) is 24.5. The van der Waals surface area contributed by atoms with Crippen LogP contribution in [0.5, 0.6) is 0 Å². The van der Waals surface area contributed by atoms with Crippen molar-refractivity contribution in [3.05, 3.63) is 65.5 Å². The minimum Gasteiger partial charge on any atom is -0.382 e. The summed E-state index contributed by atoms with van der Waals surface area (Å²) < 4.78 is 13.8. The second-order valence-electron chi connectivity index (χ2n) is 6.18. The van der Waals surface area contributed by atoms with Gasteiger partial charge >= 0.3 is 6.03 Å². The van der Waals surface area contributed by atoms with Gasteiger partial charge in [0, 0.05) is 11.7 Å². The Hall–Kier alpha value is -2.89. The van der Waals surface area contributed by atoms with E-state index >= 15 is 0 Å². The van der Waals surface area contributed by atoms with E-state index < -0.39 is 0 Å². The summed E-state index contributed by atoms with van der Waals surface area (Å²) in [5.74, 6) is -0.431. The van der Waals surface area contributed by atoms with Gasteiger partial charge in [-0.1, -0.05) is 30.3 Å². The smallest absolute Gasteiger partial charge is 0.324 e. The summed E-state index contributed by atoms with van der Waals surface area (Å²) in [6.07, 6.45) is 0.559. The minimum absolute atomic E-state index is 0.0314. The molecule has 0 bridgehead atoms. The lowest BCUT2D eigenvalue weighted by atomic mass is 10.1. The summed E-state index contributed by atoms with van der Waals surface area (Å²) in [5.41, 5.74) is 2.39. The highest BCUT2D eigenvalue weighted by Gasteiger charge is 2.28. The first-order chi connectivity index (χ1) is 12.0. The van der Waals surface area contributed by atoms with Crippen LogP contribution in [0.25, 0.3) is 0 Å². The molecule has 25 heavy (non-hydrogen) atoms. The first-order valence-electron chi connectivity index (χ1n) is 8.20. The Morgan fingerprint density at radius 3 is 2.72 bits per heavy atom. The maximum absolute atomic E-state index is 13.8. The molecule has 1 unspecified atom stereocenters. The number of halogens is 1. The second kappa shape index (κ2) is 7.34. The van der Waals surface area contributed by atoms with Gasteiger partial charge in [0.2, 0.25) is 5.91 Å². The number of imide groups is 1. The first-order valence-corrected chi connectivity index (χ1v) is 8.20. The van der Waals surface area contributed by atoms with Crippen molar-refractivity contribution in [2.45, 2.75) is 25.9 Å². The van der Waals surface area contributed by atoms with Crippen molar-refractivity contribution in [3.8, 4) is 0 Å². The molecule has 3 rings (SSSR count). The highest BCUT2D eigenvalue weighted by Crippen LogP contribution is 2.17. The number of nitrogens with zero attached hydrogens (tertiary/aromatic N) is 1. The molecule has 0 spiro atoms. The number of carbonyl (C=O) groups excluding carboxylic acids is 2. The van der Waals surface area contributed by atoms with Gasteiger partial charge in [0.15, 0.2) is 0 Å². The fourth-order valence-corrected chi connectivity index (χ4v) is 2.89. The van der Waals surface area contributed by atoms with Crippen molar-refractivity contribution in [1.82, 2.24) is 10.2 Å². The van der Waals surface area contributed by atoms with E-state index in [1.165, 1.54) is 11.0 Å². The molecule has 6 heteroatoms. The van der Waals surface area contributed by atoms with E-state index in [0.29, 0.717) is 12.0 Å². The van der Waals surface area contributed by atoms with E-state index in [4.69, 9.17) is 0 Å². The zero-order chi connectivity index (χ0) is 17.8. The molecule has 1 aliphatic heterocycles. The fraction of sp³-hybridized carbons (Fsp3) is 0.263. The van der Waals surface area contributed by atoms with Gasteiger partial charge in [0.1, 0.15) is 5.82 Å². The van der Waals surface area contributed by atoms with E-state index in [1.807, 2.05) is 37.3 Å². The zero-order valence-corrected chi connectivity index (χ0v) is 14.0. The van der Waals surface area contributed by atoms with Gasteiger partial charge in [-0.25, -0.2) is 9.18 Å². The second-order valence-corrected chi connectivity index (χ2v) is 6.18. The van der Waals surface area contributed by atoms with Crippen LogP contribution in [0.3, 0.4) is 0 Å². The lowest BCUT2D eigenvalue weighted by Crippen LogP contribution is -2.30. The Bertz CT molecular complexity index is 778. The number of hydrogen-bond acceptors (Lipinski definition) is 3. The summed E-state index contributed by atoms with van der Waals surface area (Å²) >= 11 is 0. The van der Waals surface area contributed by atoms with Gasteiger partial charge in [-0.3, -0.25) is 9.69 Å². The van der Waals surface area contributed by atoms with E-state index in [1.54, 1.807) is 12.1 Å². The third kappa shape index (κ3) is 4.15. The standard InChI is InChI=1S/C19H20FN3O2/c1-13(9-15-6-2-3-8-17(15)20)22-16-7-4-5-14(10-16)12-23-18(24)11-21-19(23)25/h2-8,10,13,22H,9,11-12H2,1H3,(H,21,25). The zero-order valence-electron chi connectivity index (χ0n) is 14.0. The minimum atomic E-state index is -0.365. The van der Waals surface area contributed by atoms with Crippen LogP contribution in [0.1, 0.15) is 18.1 Å². The molecule has 2 N–H and O–H groups in total.